The third-order valence-electron chi connectivity index (χ3n) is 3.31. The first-order valence-corrected chi connectivity index (χ1v) is 8.16. The smallest absolute Gasteiger partial charge is 0.389 e. The molecule has 0 aliphatic rings. The summed E-state index contributed by atoms with van der Waals surface area (Å²) >= 11 is 1.46. The monoisotopic (exact) mass is 335 g/mol. The summed E-state index contributed by atoms with van der Waals surface area (Å²) in [5.74, 6) is -0.303. The molecule has 1 rings (SSSR count). The van der Waals surface area contributed by atoms with Crippen molar-refractivity contribution in [2.24, 2.45) is 0 Å². The molecule has 0 saturated carbocycles. The van der Waals surface area contributed by atoms with Gasteiger partial charge in [-0.05, 0) is 37.3 Å². The van der Waals surface area contributed by atoms with Crippen LogP contribution in [0.5, 0.6) is 0 Å². The molecule has 7 heteroatoms. The second kappa shape index (κ2) is 8.43. The third kappa shape index (κ3) is 6.27. The van der Waals surface area contributed by atoms with E-state index in [0.717, 1.165) is 0 Å². The minimum absolute atomic E-state index is 0.0427. The predicted octanol–water partition coefficient (Wildman–Crippen LogP) is 3.02. The van der Waals surface area contributed by atoms with Gasteiger partial charge in [0, 0.05) is 23.3 Å². The number of aliphatic hydroxyl groups excluding tert-OH is 1. The molecule has 1 aromatic carbocycles. The van der Waals surface area contributed by atoms with Crippen LogP contribution in [0.15, 0.2) is 24.3 Å². The summed E-state index contributed by atoms with van der Waals surface area (Å²) in [5.41, 5.74) is 0.930. The van der Waals surface area contributed by atoms with E-state index < -0.39 is 12.6 Å². The van der Waals surface area contributed by atoms with E-state index in [4.69, 9.17) is 0 Å². The Bertz CT molecular complexity index is 473. The van der Waals surface area contributed by atoms with E-state index in [1.54, 1.807) is 6.92 Å². The van der Waals surface area contributed by atoms with Crippen LogP contribution in [-0.4, -0.2) is 41.3 Å². The lowest BCUT2D eigenvalue weighted by Crippen LogP contribution is -2.41. The summed E-state index contributed by atoms with van der Waals surface area (Å²) < 4.78 is 36.4. The molecule has 0 aliphatic heterocycles. The largest absolute Gasteiger partial charge is 0.395 e. The van der Waals surface area contributed by atoms with E-state index in [2.05, 4.69) is 5.32 Å². The number of rotatable bonds is 7. The van der Waals surface area contributed by atoms with E-state index in [1.165, 1.54) is 36.0 Å². The normalized spacial score (nSPS) is 14.5. The molecule has 0 spiro atoms. The molecule has 0 heterocycles. The van der Waals surface area contributed by atoms with Crippen LogP contribution in [0.2, 0.25) is 0 Å². The highest BCUT2D eigenvalue weighted by Crippen LogP contribution is 2.22. The number of aryl methyl sites for hydroxylation is 1. The molecule has 1 aromatic rings. The number of aliphatic hydroxyl groups is 1. The van der Waals surface area contributed by atoms with Crippen molar-refractivity contribution in [1.29, 1.82) is 0 Å². The lowest BCUT2D eigenvalue weighted by atomic mass is 10.1. The molecule has 22 heavy (non-hydrogen) atoms. The highest BCUT2D eigenvalue weighted by molar-refractivity contribution is 7.99. The topological polar surface area (TPSA) is 49.3 Å². The van der Waals surface area contributed by atoms with E-state index in [9.17, 15) is 23.1 Å². The van der Waals surface area contributed by atoms with Crippen LogP contribution < -0.4 is 5.32 Å². The molecule has 3 nitrogen and oxygen atoms in total. The van der Waals surface area contributed by atoms with Crippen LogP contribution >= 0.6 is 11.8 Å². The van der Waals surface area contributed by atoms with Crippen LogP contribution in [-0.2, 0) is 6.42 Å². The summed E-state index contributed by atoms with van der Waals surface area (Å²) in [6.07, 6.45) is -3.30. The first kappa shape index (κ1) is 18.8. The summed E-state index contributed by atoms with van der Waals surface area (Å²) in [5, 5.41) is 11.8. The zero-order valence-electron chi connectivity index (χ0n) is 12.5. The maximum atomic E-state index is 12.1. The van der Waals surface area contributed by atoms with Crippen molar-refractivity contribution in [3.8, 4) is 0 Å². The maximum Gasteiger partial charge on any atom is 0.389 e. The summed E-state index contributed by atoms with van der Waals surface area (Å²) in [4.78, 5) is 12.0. The first-order chi connectivity index (χ1) is 10.3. The van der Waals surface area contributed by atoms with E-state index in [1.807, 2.05) is 6.26 Å². The van der Waals surface area contributed by atoms with Crippen molar-refractivity contribution >= 4 is 17.7 Å². The Morgan fingerprint density at radius 3 is 2.36 bits per heavy atom. The Balaban J connectivity index is 2.60. The molecule has 124 valence electrons. The van der Waals surface area contributed by atoms with E-state index in [0.29, 0.717) is 11.1 Å². The van der Waals surface area contributed by atoms with Gasteiger partial charge >= 0.3 is 6.18 Å². The SMILES string of the molecule is CSC(CO)C(C)NC(=O)c1ccc(CCC(F)(F)F)cc1. The average molecular weight is 335 g/mol. The molecule has 0 bridgehead atoms. The average Bonchev–Trinajstić information content (AvgIpc) is 2.46. The van der Waals surface area contributed by atoms with Gasteiger partial charge in [0.15, 0.2) is 0 Å². The number of benzene rings is 1. The molecule has 2 atom stereocenters. The molecule has 0 radical (unpaired) electrons. The number of hydrogen-bond donors (Lipinski definition) is 2. The molecular formula is C15H20F3NO2S. The van der Waals surface area contributed by atoms with Crippen molar-refractivity contribution in [1.82, 2.24) is 5.32 Å². The van der Waals surface area contributed by atoms with Crippen molar-refractivity contribution in [2.75, 3.05) is 12.9 Å². The number of carbonyl (C=O) groups is 1. The fourth-order valence-electron chi connectivity index (χ4n) is 1.93. The molecule has 1 amide bonds. The Hall–Kier alpha value is -1.21. The van der Waals surface area contributed by atoms with Gasteiger partial charge in [-0.2, -0.15) is 24.9 Å². The number of alkyl halides is 3. The Labute approximate surface area is 132 Å². The van der Waals surface area contributed by atoms with Gasteiger partial charge in [-0.1, -0.05) is 12.1 Å². The van der Waals surface area contributed by atoms with Gasteiger partial charge in [-0.25, -0.2) is 0 Å². The summed E-state index contributed by atoms with van der Waals surface area (Å²) in [7, 11) is 0. The number of amides is 1. The van der Waals surface area contributed by atoms with E-state index in [-0.39, 0.29) is 30.2 Å². The van der Waals surface area contributed by atoms with Crippen LogP contribution in [0.1, 0.15) is 29.3 Å². The molecular weight excluding hydrogens is 315 g/mol. The minimum atomic E-state index is -4.18. The lowest BCUT2D eigenvalue weighted by molar-refractivity contribution is -0.134. The summed E-state index contributed by atoms with van der Waals surface area (Å²) in [6, 6.07) is 5.88. The Morgan fingerprint density at radius 2 is 1.91 bits per heavy atom. The first-order valence-electron chi connectivity index (χ1n) is 6.87. The van der Waals surface area contributed by atoms with E-state index >= 15 is 0 Å². The lowest BCUT2D eigenvalue weighted by Gasteiger charge is -2.21. The predicted molar refractivity (Wildman–Crippen MR) is 82.1 cm³/mol. The van der Waals surface area contributed by atoms with Crippen molar-refractivity contribution < 1.29 is 23.1 Å². The van der Waals surface area contributed by atoms with Gasteiger partial charge < -0.3 is 10.4 Å². The fourth-order valence-corrected chi connectivity index (χ4v) is 2.55. The van der Waals surface area contributed by atoms with Crippen LogP contribution in [0, 0.1) is 0 Å². The van der Waals surface area contributed by atoms with Gasteiger partial charge in [0.25, 0.3) is 5.91 Å². The van der Waals surface area contributed by atoms with Gasteiger partial charge in [0.1, 0.15) is 0 Å². The second-order valence-electron chi connectivity index (χ2n) is 5.03. The molecule has 0 aliphatic carbocycles. The van der Waals surface area contributed by atoms with Gasteiger partial charge in [-0.15, -0.1) is 0 Å². The quantitative estimate of drug-likeness (QED) is 0.805. The van der Waals surface area contributed by atoms with Gasteiger partial charge in [0.2, 0.25) is 0 Å². The Morgan fingerprint density at radius 1 is 1.32 bits per heavy atom. The molecule has 0 fully saturated rings. The molecule has 2 unspecified atom stereocenters. The van der Waals surface area contributed by atoms with Crippen LogP contribution in [0.4, 0.5) is 13.2 Å². The van der Waals surface area contributed by atoms with Crippen molar-refractivity contribution in [3.05, 3.63) is 35.4 Å². The number of carbonyl (C=O) groups excluding carboxylic acids is 1. The molecule has 0 aromatic heterocycles. The number of hydrogen-bond acceptors (Lipinski definition) is 3. The number of thioether (sulfide) groups is 1. The fraction of sp³-hybridized carbons (Fsp3) is 0.533. The van der Waals surface area contributed by atoms with Crippen LogP contribution in [0.25, 0.3) is 0 Å². The number of nitrogens with one attached hydrogen (secondary N) is 1. The maximum absolute atomic E-state index is 12.1. The Kier molecular flexibility index (Phi) is 7.22. The minimum Gasteiger partial charge on any atom is -0.395 e. The summed E-state index contributed by atoms with van der Waals surface area (Å²) in [6.45, 7) is 1.76. The van der Waals surface area contributed by atoms with Crippen molar-refractivity contribution in [2.45, 2.75) is 37.2 Å². The zero-order chi connectivity index (χ0) is 16.8. The van der Waals surface area contributed by atoms with Crippen molar-refractivity contribution in [3.63, 3.8) is 0 Å². The van der Waals surface area contributed by atoms with Crippen LogP contribution in [0.3, 0.4) is 0 Å². The highest BCUT2D eigenvalue weighted by Gasteiger charge is 2.26. The van der Waals surface area contributed by atoms with Gasteiger partial charge in [0.05, 0.1) is 6.61 Å². The highest BCUT2D eigenvalue weighted by atomic mass is 32.2. The molecule has 0 saturated heterocycles. The number of halogens is 3. The second-order valence-corrected chi connectivity index (χ2v) is 6.11. The van der Waals surface area contributed by atoms with Gasteiger partial charge in [-0.3, -0.25) is 4.79 Å². The zero-order valence-corrected chi connectivity index (χ0v) is 13.3. The molecule has 2 N–H and O–H groups in total. The third-order valence-corrected chi connectivity index (χ3v) is 4.48. The standard InChI is InChI=1S/C15H20F3NO2S/c1-10(13(9-20)22-2)19-14(21)12-5-3-11(4-6-12)7-8-15(16,17)18/h3-6,10,13,20H,7-9H2,1-2H3,(H,19,21).